The average molecular weight is 398 g/mol. The van der Waals surface area contributed by atoms with Crippen LogP contribution in [0.2, 0.25) is 0 Å². The predicted molar refractivity (Wildman–Crippen MR) is 104 cm³/mol. The summed E-state index contributed by atoms with van der Waals surface area (Å²) in [5.74, 6) is -1.34. The number of anilines is 1. The SMILES string of the molecule is CC(=O)c1c(C)[nH]c(C(=O)[C@@H](C)OC(=O)C[C@@H]2Oc3ccccc3NC2=O)c1C. The van der Waals surface area contributed by atoms with E-state index in [4.69, 9.17) is 9.47 Å². The van der Waals surface area contributed by atoms with Gasteiger partial charge in [0.25, 0.3) is 5.91 Å². The van der Waals surface area contributed by atoms with Gasteiger partial charge in [0.15, 0.2) is 18.0 Å². The van der Waals surface area contributed by atoms with Gasteiger partial charge < -0.3 is 19.8 Å². The number of ether oxygens (including phenoxy) is 2. The van der Waals surface area contributed by atoms with Crippen molar-refractivity contribution >= 4 is 29.1 Å². The van der Waals surface area contributed by atoms with Gasteiger partial charge in [0.2, 0.25) is 5.78 Å². The number of fused-ring (bicyclic) bond motifs is 1. The second kappa shape index (κ2) is 7.90. The Morgan fingerprint density at radius 1 is 1.21 bits per heavy atom. The summed E-state index contributed by atoms with van der Waals surface area (Å²) >= 11 is 0. The molecule has 3 rings (SSSR count). The molecule has 0 radical (unpaired) electrons. The molecule has 152 valence electrons. The number of nitrogens with one attached hydrogen (secondary N) is 2. The fourth-order valence-corrected chi connectivity index (χ4v) is 3.40. The lowest BCUT2D eigenvalue weighted by Crippen LogP contribution is -2.39. The molecule has 8 nitrogen and oxygen atoms in total. The van der Waals surface area contributed by atoms with Crippen molar-refractivity contribution in [2.45, 2.75) is 46.3 Å². The highest BCUT2D eigenvalue weighted by Crippen LogP contribution is 2.29. The van der Waals surface area contributed by atoms with E-state index in [-0.39, 0.29) is 17.9 Å². The zero-order valence-corrected chi connectivity index (χ0v) is 16.6. The molecule has 1 aliphatic rings. The lowest BCUT2D eigenvalue weighted by Gasteiger charge is -2.25. The Bertz CT molecular complexity index is 1010. The fourth-order valence-electron chi connectivity index (χ4n) is 3.40. The minimum absolute atomic E-state index is 0.152. The van der Waals surface area contributed by atoms with Crippen LogP contribution in [0.15, 0.2) is 24.3 Å². The lowest BCUT2D eigenvalue weighted by atomic mass is 10.0. The number of carbonyl (C=O) groups is 4. The predicted octanol–water partition coefficient (Wildman–Crippen LogP) is 2.74. The Morgan fingerprint density at radius 2 is 1.90 bits per heavy atom. The van der Waals surface area contributed by atoms with E-state index in [0.29, 0.717) is 28.3 Å². The third kappa shape index (κ3) is 4.06. The zero-order chi connectivity index (χ0) is 21.3. The lowest BCUT2D eigenvalue weighted by molar-refractivity contribution is -0.150. The van der Waals surface area contributed by atoms with Crippen molar-refractivity contribution in [3.63, 3.8) is 0 Å². The number of rotatable bonds is 6. The number of aryl methyl sites for hydroxylation is 1. The van der Waals surface area contributed by atoms with E-state index < -0.39 is 29.9 Å². The molecule has 29 heavy (non-hydrogen) atoms. The largest absolute Gasteiger partial charge is 0.478 e. The van der Waals surface area contributed by atoms with E-state index in [9.17, 15) is 19.2 Å². The summed E-state index contributed by atoms with van der Waals surface area (Å²) in [4.78, 5) is 51.7. The number of carbonyl (C=O) groups excluding carboxylic acids is 4. The first kappa shape index (κ1) is 20.3. The smallest absolute Gasteiger partial charge is 0.310 e. The number of Topliss-reactive ketones (excluding diaryl/α,β-unsaturated/α-hetero) is 2. The van der Waals surface area contributed by atoms with Crippen molar-refractivity contribution in [1.29, 1.82) is 0 Å². The van der Waals surface area contributed by atoms with Crippen LogP contribution in [0.25, 0.3) is 0 Å². The van der Waals surface area contributed by atoms with Crippen molar-refractivity contribution in [2.24, 2.45) is 0 Å². The second-order valence-electron chi connectivity index (χ2n) is 6.97. The number of aromatic nitrogens is 1. The van der Waals surface area contributed by atoms with Crippen molar-refractivity contribution in [1.82, 2.24) is 4.98 Å². The Kier molecular flexibility index (Phi) is 5.54. The number of esters is 1. The van der Waals surface area contributed by atoms with E-state index in [2.05, 4.69) is 10.3 Å². The van der Waals surface area contributed by atoms with Crippen molar-refractivity contribution in [3.05, 3.63) is 46.8 Å². The molecule has 2 aromatic rings. The minimum atomic E-state index is -1.09. The third-order valence-corrected chi connectivity index (χ3v) is 4.77. The molecule has 0 saturated heterocycles. The van der Waals surface area contributed by atoms with Gasteiger partial charge in [-0.05, 0) is 45.4 Å². The molecule has 1 aromatic carbocycles. The third-order valence-electron chi connectivity index (χ3n) is 4.77. The van der Waals surface area contributed by atoms with E-state index in [1.54, 1.807) is 38.1 Å². The number of hydrogen-bond acceptors (Lipinski definition) is 6. The molecule has 0 fully saturated rings. The van der Waals surface area contributed by atoms with E-state index >= 15 is 0 Å². The maximum atomic E-state index is 12.7. The molecular formula is C21H22N2O6. The van der Waals surface area contributed by atoms with Crippen molar-refractivity contribution in [2.75, 3.05) is 5.32 Å². The summed E-state index contributed by atoms with van der Waals surface area (Å²) in [7, 11) is 0. The van der Waals surface area contributed by atoms with Crippen molar-refractivity contribution < 1.29 is 28.7 Å². The fraction of sp³-hybridized carbons (Fsp3) is 0.333. The molecule has 1 amide bonds. The molecule has 2 heterocycles. The Hall–Kier alpha value is -3.42. The van der Waals surface area contributed by atoms with Gasteiger partial charge in [-0.25, -0.2) is 0 Å². The van der Waals surface area contributed by atoms with Crippen LogP contribution in [0.4, 0.5) is 5.69 Å². The number of aromatic amines is 1. The maximum Gasteiger partial charge on any atom is 0.310 e. The molecular weight excluding hydrogens is 376 g/mol. The molecule has 0 unspecified atom stereocenters. The topological polar surface area (TPSA) is 115 Å². The average Bonchev–Trinajstić information content (AvgIpc) is 2.95. The molecule has 1 aliphatic heterocycles. The molecule has 2 atom stereocenters. The first-order chi connectivity index (χ1) is 13.7. The number of benzene rings is 1. The van der Waals surface area contributed by atoms with Crippen LogP contribution in [0.5, 0.6) is 5.75 Å². The van der Waals surface area contributed by atoms with E-state index in [0.717, 1.165) is 0 Å². The molecule has 2 N–H and O–H groups in total. The summed E-state index contributed by atoms with van der Waals surface area (Å²) in [6.45, 7) is 6.24. The quantitative estimate of drug-likeness (QED) is 0.571. The van der Waals surface area contributed by atoms with Crippen LogP contribution >= 0.6 is 0 Å². The molecule has 1 aromatic heterocycles. The highest BCUT2D eigenvalue weighted by atomic mass is 16.6. The normalized spacial score (nSPS) is 16.3. The summed E-state index contributed by atoms with van der Waals surface area (Å²) in [5, 5.41) is 2.67. The monoisotopic (exact) mass is 398 g/mol. The van der Waals surface area contributed by atoms with Gasteiger partial charge in [0.1, 0.15) is 5.75 Å². The summed E-state index contributed by atoms with van der Waals surface area (Å²) in [6, 6.07) is 6.88. The van der Waals surface area contributed by atoms with Crippen LogP contribution in [0, 0.1) is 13.8 Å². The van der Waals surface area contributed by atoms with Gasteiger partial charge in [-0.15, -0.1) is 0 Å². The Labute approximate surface area is 167 Å². The number of amides is 1. The van der Waals surface area contributed by atoms with Crippen LogP contribution in [-0.2, 0) is 14.3 Å². The van der Waals surface area contributed by atoms with Gasteiger partial charge >= 0.3 is 5.97 Å². The standard InChI is InChI=1S/C21H22N2O6/c1-10-18(12(3)24)11(2)22-19(10)20(26)13(4)28-17(25)9-16-21(27)23-14-7-5-6-8-15(14)29-16/h5-8,13,16,22H,9H2,1-4H3,(H,23,27)/t13-,16+/m1/s1. The minimum Gasteiger partial charge on any atom is -0.478 e. The van der Waals surface area contributed by atoms with Crippen LogP contribution in [0.1, 0.15) is 52.4 Å². The number of para-hydroxylation sites is 2. The van der Waals surface area contributed by atoms with Crippen LogP contribution < -0.4 is 10.1 Å². The van der Waals surface area contributed by atoms with Crippen LogP contribution in [-0.4, -0.2) is 40.6 Å². The van der Waals surface area contributed by atoms with Crippen molar-refractivity contribution in [3.8, 4) is 5.75 Å². The first-order valence-electron chi connectivity index (χ1n) is 9.19. The molecule has 0 saturated carbocycles. The highest BCUT2D eigenvalue weighted by molar-refractivity contribution is 6.05. The number of hydrogen-bond donors (Lipinski definition) is 2. The second-order valence-corrected chi connectivity index (χ2v) is 6.97. The number of H-pyrrole nitrogens is 1. The number of ketones is 2. The van der Waals surface area contributed by atoms with Gasteiger partial charge in [-0.3, -0.25) is 19.2 Å². The zero-order valence-electron chi connectivity index (χ0n) is 16.6. The summed E-state index contributed by atoms with van der Waals surface area (Å²) < 4.78 is 10.8. The van der Waals surface area contributed by atoms with Gasteiger partial charge in [-0.1, -0.05) is 12.1 Å². The molecule has 0 spiro atoms. The Balaban J connectivity index is 1.65. The molecule has 0 aliphatic carbocycles. The summed E-state index contributed by atoms with van der Waals surface area (Å²) in [5.41, 5.74) is 2.33. The summed E-state index contributed by atoms with van der Waals surface area (Å²) in [6.07, 6.45) is -2.46. The Morgan fingerprint density at radius 3 is 2.55 bits per heavy atom. The molecule has 0 bridgehead atoms. The van der Waals surface area contributed by atoms with Crippen LogP contribution in [0.3, 0.4) is 0 Å². The van der Waals surface area contributed by atoms with E-state index in [1.807, 2.05) is 0 Å². The molecule has 8 heteroatoms. The van der Waals surface area contributed by atoms with Gasteiger partial charge in [0, 0.05) is 11.3 Å². The van der Waals surface area contributed by atoms with E-state index in [1.165, 1.54) is 13.8 Å². The van der Waals surface area contributed by atoms with Gasteiger partial charge in [0.05, 0.1) is 17.8 Å². The van der Waals surface area contributed by atoms with Gasteiger partial charge in [-0.2, -0.15) is 0 Å². The first-order valence-corrected chi connectivity index (χ1v) is 9.19. The maximum absolute atomic E-state index is 12.7. The highest BCUT2D eigenvalue weighted by Gasteiger charge is 2.32.